The van der Waals surface area contributed by atoms with Crippen molar-refractivity contribution >= 4 is 35.1 Å². The summed E-state index contributed by atoms with van der Waals surface area (Å²) in [5, 5.41) is 13.3. The van der Waals surface area contributed by atoms with Crippen molar-refractivity contribution in [2.75, 3.05) is 22.5 Å². The highest BCUT2D eigenvalue weighted by Crippen LogP contribution is 2.42. The second-order valence-electron chi connectivity index (χ2n) is 9.61. The smallest absolute Gasteiger partial charge is 0.265 e. The second-order valence-corrected chi connectivity index (χ2v) is 9.61. The molecule has 1 aliphatic heterocycles. The van der Waals surface area contributed by atoms with Crippen molar-refractivity contribution in [3.63, 3.8) is 0 Å². The highest BCUT2D eigenvalue weighted by molar-refractivity contribution is 6.09. The molecule has 0 bridgehead atoms. The van der Waals surface area contributed by atoms with E-state index in [1.807, 2.05) is 6.07 Å². The van der Waals surface area contributed by atoms with Gasteiger partial charge in [0.05, 0.1) is 23.5 Å². The van der Waals surface area contributed by atoms with Crippen LogP contribution in [0.25, 0.3) is 11.4 Å². The number of halogens is 1. The van der Waals surface area contributed by atoms with Gasteiger partial charge in [-0.3, -0.25) is 9.59 Å². The van der Waals surface area contributed by atoms with Crippen LogP contribution in [0.5, 0.6) is 0 Å². The number of aromatic nitrogens is 4. The molecule has 0 atom stereocenters. The number of nitrogens with zero attached hydrogens (tertiary/aromatic N) is 4. The number of rotatable bonds is 7. The summed E-state index contributed by atoms with van der Waals surface area (Å²) in [6.07, 6.45) is 4.10. The van der Waals surface area contributed by atoms with Gasteiger partial charge >= 0.3 is 0 Å². The molecule has 2 amide bonds. The van der Waals surface area contributed by atoms with Crippen LogP contribution in [0.1, 0.15) is 56.3 Å². The fraction of sp³-hybridized carbons (Fsp3) is 0.222. The fourth-order valence-electron chi connectivity index (χ4n) is 4.98. The number of H-pyrrole nitrogens is 1. The van der Waals surface area contributed by atoms with Crippen molar-refractivity contribution in [2.45, 2.75) is 31.8 Å². The maximum atomic E-state index is 15.1. The summed E-state index contributed by atoms with van der Waals surface area (Å²) < 4.78 is 15.1. The van der Waals surface area contributed by atoms with Crippen LogP contribution in [0.3, 0.4) is 0 Å². The Labute approximate surface area is 222 Å². The number of anilines is 4. The zero-order chi connectivity index (χ0) is 27.3. The minimum Gasteiger partial charge on any atom is -0.392 e. The average Bonchev–Trinajstić information content (AvgIpc) is 3.66. The number of nitrogens with two attached hydrogens (primary N) is 2. The lowest BCUT2D eigenvalue weighted by atomic mass is 9.93. The molecule has 3 heterocycles. The first-order valence-corrected chi connectivity index (χ1v) is 12.5. The summed E-state index contributed by atoms with van der Waals surface area (Å²) in [4.78, 5) is 41.9. The topological polar surface area (TPSA) is 176 Å². The molecular formula is C27H25FN8O3. The molecule has 2 aliphatic rings. The number of primary amides is 1. The highest BCUT2D eigenvalue weighted by Gasteiger charge is 2.33. The lowest BCUT2D eigenvalue weighted by molar-refractivity contribution is 0.0973. The molecule has 1 saturated carbocycles. The van der Waals surface area contributed by atoms with Gasteiger partial charge in [-0.25, -0.2) is 4.39 Å². The Hall–Kier alpha value is -4.84. The maximum absolute atomic E-state index is 15.1. The number of hydrogen-bond donors (Lipinski definition) is 5. The monoisotopic (exact) mass is 528 g/mol. The molecule has 2 aromatic carbocycles. The summed E-state index contributed by atoms with van der Waals surface area (Å²) in [7, 11) is 0. The Kier molecular flexibility index (Phi) is 5.95. The molecule has 4 aromatic rings. The van der Waals surface area contributed by atoms with Crippen molar-refractivity contribution in [1.82, 2.24) is 19.9 Å². The number of fused-ring (bicyclic) bond motifs is 1. The molecule has 6 rings (SSSR count). The van der Waals surface area contributed by atoms with E-state index in [1.54, 1.807) is 18.2 Å². The maximum Gasteiger partial charge on any atom is 0.265 e. The average molecular weight is 529 g/mol. The number of nitrogens with one attached hydrogen (secondary N) is 2. The Balaban J connectivity index is 1.35. The van der Waals surface area contributed by atoms with Gasteiger partial charge in [0.2, 0.25) is 11.9 Å². The van der Waals surface area contributed by atoms with Gasteiger partial charge in [-0.1, -0.05) is 18.2 Å². The molecule has 0 radical (unpaired) electrons. The largest absolute Gasteiger partial charge is 0.392 e. The molecule has 0 spiro atoms. The van der Waals surface area contributed by atoms with Gasteiger partial charge in [0, 0.05) is 23.9 Å². The fourth-order valence-corrected chi connectivity index (χ4v) is 4.98. The van der Waals surface area contributed by atoms with Crippen LogP contribution in [0.2, 0.25) is 0 Å². The minimum absolute atomic E-state index is 0.0673. The van der Waals surface area contributed by atoms with Crippen molar-refractivity contribution in [1.29, 1.82) is 0 Å². The number of hydrogen-bond acceptors (Lipinski definition) is 8. The molecule has 0 saturated heterocycles. The van der Waals surface area contributed by atoms with Crippen molar-refractivity contribution in [3.8, 4) is 11.4 Å². The van der Waals surface area contributed by atoms with Gasteiger partial charge in [0.25, 0.3) is 11.8 Å². The van der Waals surface area contributed by atoms with Gasteiger partial charge < -0.3 is 31.8 Å². The molecular weight excluding hydrogens is 503 g/mol. The summed E-state index contributed by atoms with van der Waals surface area (Å²) in [5.41, 5.74) is 14.9. The van der Waals surface area contributed by atoms with Gasteiger partial charge in [0.1, 0.15) is 11.5 Å². The number of carbonyl (C=O) groups is 2. The summed E-state index contributed by atoms with van der Waals surface area (Å²) >= 11 is 0. The third kappa shape index (κ3) is 4.55. The van der Waals surface area contributed by atoms with Crippen LogP contribution < -0.4 is 21.7 Å². The van der Waals surface area contributed by atoms with Crippen LogP contribution in [0, 0.1) is 5.82 Å². The van der Waals surface area contributed by atoms with Crippen LogP contribution >= 0.6 is 0 Å². The van der Waals surface area contributed by atoms with E-state index in [0.717, 1.165) is 18.4 Å². The lowest BCUT2D eigenvalue weighted by Gasteiger charge is -2.31. The molecule has 39 heavy (non-hydrogen) atoms. The number of carbonyl (C=O) groups excluding carboxylic acids is 2. The number of aliphatic hydroxyl groups is 1. The molecule has 198 valence electrons. The predicted octanol–water partition coefficient (Wildman–Crippen LogP) is 3.00. The SMILES string of the molecule is NC(=O)c1cc(Nc2nc(N)nc(-c3cccc(N4CCc5cc(C6CC6)cc(F)c5C4=O)c3CO)n2)c[nH]1. The quantitative estimate of drug-likeness (QED) is 0.243. The standard InChI is InChI=1S/C27H25FN8O3/c28-19-9-15(13-4-5-13)8-14-6-7-36(25(39)22(14)19)21-3-1-2-17(18(21)12-37)24-33-26(30)35-27(34-24)32-16-10-20(23(29)38)31-11-16/h1-3,8-11,13,31,37H,4-7,12H2,(H2,29,38)(H3,30,32,33,34,35). The Morgan fingerprint density at radius 2 is 2.03 bits per heavy atom. The summed E-state index contributed by atoms with van der Waals surface area (Å²) in [6, 6.07) is 10.0. The highest BCUT2D eigenvalue weighted by atomic mass is 19.1. The van der Waals surface area contributed by atoms with Crippen LogP contribution in [0.15, 0.2) is 42.6 Å². The van der Waals surface area contributed by atoms with Crippen LogP contribution in [-0.2, 0) is 13.0 Å². The second kappa shape index (κ2) is 9.48. The van der Waals surface area contributed by atoms with E-state index in [4.69, 9.17) is 11.5 Å². The van der Waals surface area contributed by atoms with Gasteiger partial charge in [0.15, 0.2) is 5.82 Å². The van der Waals surface area contributed by atoms with Gasteiger partial charge in [-0.2, -0.15) is 15.0 Å². The Morgan fingerprint density at radius 3 is 2.74 bits per heavy atom. The molecule has 2 aromatic heterocycles. The van der Waals surface area contributed by atoms with Gasteiger partial charge in [-0.15, -0.1) is 0 Å². The van der Waals surface area contributed by atoms with E-state index >= 15 is 4.39 Å². The van der Waals surface area contributed by atoms with E-state index in [-0.39, 0.29) is 29.0 Å². The number of aromatic amines is 1. The summed E-state index contributed by atoms with van der Waals surface area (Å²) in [5.74, 6) is -1.05. The predicted molar refractivity (Wildman–Crippen MR) is 142 cm³/mol. The van der Waals surface area contributed by atoms with E-state index < -0.39 is 24.2 Å². The van der Waals surface area contributed by atoms with Crippen molar-refractivity contribution < 1.29 is 19.1 Å². The molecule has 0 unspecified atom stereocenters. The number of nitrogen functional groups attached to an aromatic ring is 1. The molecule has 12 heteroatoms. The van der Waals surface area contributed by atoms with Crippen LogP contribution in [-0.4, -0.2) is 43.4 Å². The van der Waals surface area contributed by atoms with E-state index in [2.05, 4.69) is 25.3 Å². The Bertz CT molecular complexity index is 1630. The first-order chi connectivity index (χ1) is 18.8. The molecule has 1 aliphatic carbocycles. The normalized spacial score (nSPS) is 14.8. The third-order valence-electron chi connectivity index (χ3n) is 7.01. The first-order valence-electron chi connectivity index (χ1n) is 12.5. The Morgan fingerprint density at radius 1 is 1.21 bits per heavy atom. The third-order valence-corrected chi connectivity index (χ3v) is 7.01. The molecule has 1 fully saturated rings. The van der Waals surface area contributed by atoms with Crippen molar-refractivity contribution in [2.24, 2.45) is 5.73 Å². The number of amides is 2. The zero-order valence-electron chi connectivity index (χ0n) is 20.7. The number of aliphatic hydroxyl groups excluding tert-OH is 1. The summed E-state index contributed by atoms with van der Waals surface area (Å²) in [6.45, 7) is -0.100. The van der Waals surface area contributed by atoms with E-state index in [1.165, 1.54) is 23.2 Å². The van der Waals surface area contributed by atoms with Gasteiger partial charge in [-0.05, 0) is 54.5 Å². The van der Waals surface area contributed by atoms with E-state index in [0.29, 0.717) is 46.9 Å². The lowest BCUT2D eigenvalue weighted by Crippen LogP contribution is -2.39. The first kappa shape index (κ1) is 24.5. The molecule has 7 N–H and O–H groups in total. The minimum atomic E-state index is -0.624. The number of benzene rings is 2. The van der Waals surface area contributed by atoms with E-state index in [9.17, 15) is 14.7 Å². The zero-order valence-corrected chi connectivity index (χ0v) is 20.7. The van der Waals surface area contributed by atoms with Crippen LogP contribution in [0.4, 0.5) is 27.7 Å². The van der Waals surface area contributed by atoms with Crippen molar-refractivity contribution in [3.05, 3.63) is 76.4 Å². The molecule has 11 nitrogen and oxygen atoms in total.